The van der Waals surface area contributed by atoms with Crippen molar-refractivity contribution in [3.63, 3.8) is 0 Å². The van der Waals surface area contributed by atoms with Gasteiger partial charge in [0.2, 0.25) is 0 Å². The molecule has 0 saturated carbocycles. The third-order valence-electron chi connectivity index (χ3n) is 3.29. The Morgan fingerprint density at radius 2 is 2.22 bits per heavy atom. The third kappa shape index (κ3) is 3.66. The second-order valence-electron chi connectivity index (χ2n) is 4.81. The predicted molar refractivity (Wildman–Crippen MR) is 62.6 cm³/mol. The van der Waals surface area contributed by atoms with Crippen LogP contribution >= 0.6 is 0 Å². The van der Waals surface area contributed by atoms with Crippen molar-refractivity contribution < 1.29 is 27.4 Å². The van der Waals surface area contributed by atoms with E-state index in [1.807, 2.05) is 0 Å². The predicted octanol–water partition coefficient (Wildman–Crippen LogP) is 0.116. The summed E-state index contributed by atoms with van der Waals surface area (Å²) in [4.78, 5) is 11.1. The highest BCUT2D eigenvalue weighted by Crippen LogP contribution is 2.27. The molecule has 2 heterocycles. The Hall–Kier alpha value is -0.660. The molecule has 0 amide bonds. The Kier molecular flexibility index (Phi) is 4.24. The van der Waals surface area contributed by atoms with Gasteiger partial charge in [0.25, 0.3) is 0 Å². The van der Waals surface area contributed by atoms with Crippen LogP contribution in [0, 0.1) is 5.92 Å². The first-order chi connectivity index (χ1) is 8.48. The second kappa shape index (κ2) is 5.54. The molecule has 3 atom stereocenters. The van der Waals surface area contributed by atoms with Gasteiger partial charge in [-0.05, 0) is 12.3 Å². The van der Waals surface area contributed by atoms with E-state index < -0.39 is 16.1 Å². The van der Waals surface area contributed by atoms with E-state index in [1.54, 1.807) is 0 Å². The summed E-state index contributed by atoms with van der Waals surface area (Å²) in [7, 11) is -1.53. The van der Waals surface area contributed by atoms with Crippen molar-refractivity contribution in [3.8, 4) is 0 Å². The van der Waals surface area contributed by atoms with Crippen molar-refractivity contribution in [2.24, 2.45) is 5.92 Å². The van der Waals surface area contributed by atoms with E-state index in [9.17, 15) is 13.2 Å². The fraction of sp³-hybridized carbons (Fsp3) is 0.909. The molecule has 0 aromatic rings. The van der Waals surface area contributed by atoms with Crippen molar-refractivity contribution in [2.75, 3.05) is 25.2 Å². The van der Waals surface area contributed by atoms with E-state index in [2.05, 4.69) is 4.74 Å². The molecule has 0 spiro atoms. The largest absolute Gasteiger partial charge is 0.469 e. The van der Waals surface area contributed by atoms with Crippen LogP contribution in [0.3, 0.4) is 0 Å². The van der Waals surface area contributed by atoms with Crippen molar-refractivity contribution in [1.29, 1.82) is 0 Å². The number of methoxy groups -OCH3 is 1. The number of sulfone groups is 1. The summed E-state index contributed by atoms with van der Waals surface area (Å²) in [6, 6.07) is 0. The molecule has 18 heavy (non-hydrogen) atoms. The Labute approximate surface area is 107 Å². The molecule has 2 rings (SSSR count). The minimum Gasteiger partial charge on any atom is -0.469 e. The number of hydrogen-bond acceptors (Lipinski definition) is 6. The van der Waals surface area contributed by atoms with Crippen LogP contribution < -0.4 is 0 Å². The molecule has 2 saturated heterocycles. The highest BCUT2D eigenvalue weighted by atomic mass is 32.2. The molecule has 2 aliphatic heterocycles. The van der Waals surface area contributed by atoms with Gasteiger partial charge in [-0.25, -0.2) is 8.42 Å². The SMILES string of the molecule is COC(=O)CC1COC(CC2CCS(=O)(=O)C2)O1. The first-order valence-electron chi connectivity index (χ1n) is 6.03. The van der Waals surface area contributed by atoms with Gasteiger partial charge in [0.1, 0.15) is 0 Å². The maximum Gasteiger partial charge on any atom is 0.308 e. The minimum absolute atomic E-state index is 0.108. The summed E-state index contributed by atoms with van der Waals surface area (Å²) in [6.45, 7) is 0.360. The van der Waals surface area contributed by atoms with Crippen LogP contribution in [0.4, 0.5) is 0 Å². The minimum atomic E-state index is -2.86. The standard InChI is InChI=1S/C11H18O6S/c1-15-10(12)5-9-6-16-11(17-9)4-8-2-3-18(13,14)7-8/h8-9,11H,2-7H2,1H3. The van der Waals surface area contributed by atoms with Crippen molar-refractivity contribution in [2.45, 2.75) is 31.7 Å². The quantitative estimate of drug-likeness (QED) is 0.679. The normalized spacial score (nSPS) is 34.6. The summed E-state index contributed by atoms with van der Waals surface area (Å²) in [5, 5.41) is 0. The molecule has 2 aliphatic rings. The van der Waals surface area contributed by atoms with E-state index in [0.29, 0.717) is 19.4 Å². The number of carbonyl (C=O) groups is 1. The van der Waals surface area contributed by atoms with Gasteiger partial charge in [0.15, 0.2) is 16.1 Å². The fourth-order valence-electron chi connectivity index (χ4n) is 2.34. The zero-order valence-electron chi connectivity index (χ0n) is 10.3. The van der Waals surface area contributed by atoms with Crippen LogP contribution in [0.5, 0.6) is 0 Å². The highest BCUT2D eigenvalue weighted by Gasteiger charge is 2.34. The maximum atomic E-state index is 11.3. The lowest BCUT2D eigenvalue weighted by atomic mass is 10.1. The zero-order valence-corrected chi connectivity index (χ0v) is 11.1. The highest BCUT2D eigenvalue weighted by molar-refractivity contribution is 7.91. The first kappa shape index (κ1) is 13.8. The Balaban J connectivity index is 1.75. The monoisotopic (exact) mass is 278 g/mol. The average Bonchev–Trinajstić information content (AvgIpc) is 2.86. The van der Waals surface area contributed by atoms with Crippen LogP contribution in [0.15, 0.2) is 0 Å². The Bertz CT molecular complexity index is 404. The average molecular weight is 278 g/mol. The smallest absolute Gasteiger partial charge is 0.308 e. The molecule has 3 unspecified atom stereocenters. The van der Waals surface area contributed by atoms with E-state index in [1.165, 1.54) is 7.11 Å². The van der Waals surface area contributed by atoms with Gasteiger partial charge in [-0.3, -0.25) is 4.79 Å². The Morgan fingerprint density at radius 1 is 1.44 bits per heavy atom. The van der Waals surface area contributed by atoms with Gasteiger partial charge in [0, 0.05) is 6.42 Å². The summed E-state index contributed by atoms with van der Waals surface area (Å²) in [5.74, 6) is 0.262. The molecule has 0 bridgehead atoms. The summed E-state index contributed by atoms with van der Waals surface area (Å²) in [6.07, 6.45) is 0.763. The van der Waals surface area contributed by atoms with Gasteiger partial charge in [-0.15, -0.1) is 0 Å². The maximum absolute atomic E-state index is 11.3. The number of esters is 1. The van der Waals surface area contributed by atoms with Crippen LogP contribution in [0.2, 0.25) is 0 Å². The topological polar surface area (TPSA) is 78.9 Å². The molecule has 0 radical (unpaired) electrons. The Morgan fingerprint density at radius 3 is 2.83 bits per heavy atom. The van der Waals surface area contributed by atoms with Crippen LogP contribution in [0.25, 0.3) is 0 Å². The summed E-state index contributed by atoms with van der Waals surface area (Å²) in [5.41, 5.74) is 0. The molecule has 0 N–H and O–H groups in total. The van der Waals surface area contributed by atoms with Crippen LogP contribution in [0.1, 0.15) is 19.3 Å². The van der Waals surface area contributed by atoms with Crippen LogP contribution in [-0.4, -0.2) is 52.0 Å². The van der Waals surface area contributed by atoms with Crippen molar-refractivity contribution >= 4 is 15.8 Å². The van der Waals surface area contributed by atoms with Gasteiger partial charge in [-0.2, -0.15) is 0 Å². The molecule has 0 aromatic heterocycles. The fourth-order valence-corrected chi connectivity index (χ4v) is 4.22. The zero-order chi connectivity index (χ0) is 13.2. The van der Waals surface area contributed by atoms with E-state index in [0.717, 1.165) is 0 Å². The van der Waals surface area contributed by atoms with Gasteiger partial charge in [0.05, 0.1) is 37.7 Å². The molecular formula is C11H18O6S. The lowest BCUT2D eigenvalue weighted by Crippen LogP contribution is -2.19. The van der Waals surface area contributed by atoms with E-state index in [4.69, 9.17) is 9.47 Å². The second-order valence-corrected chi connectivity index (χ2v) is 7.03. The van der Waals surface area contributed by atoms with Crippen LogP contribution in [-0.2, 0) is 28.8 Å². The lowest BCUT2D eigenvalue weighted by Gasteiger charge is -2.14. The number of carbonyl (C=O) groups excluding carboxylic acids is 1. The number of ether oxygens (including phenoxy) is 3. The third-order valence-corrected chi connectivity index (χ3v) is 5.12. The van der Waals surface area contributed by atoms with E-state index >= 15 is 0 Å². The van der Waals surface area contributed by atoms with Crippen molar-refractivity contribution in [1.82, 2.24) is 0 Å². The number of rotatable bonds is 4. The molecule has 7 heteroatoms. The van der Waals surface area contributed by atoms with E-state index in [-0.39, 0.29) is 35.9 Å². The number of hydrogen-bond donors (Lipinski definition) is 0. The lowest BCUT2D eigenvalue weighted by molar-refractivity contribution is -0.144. The summed E-state index contributed by atoms with van der Waals surface area (Å²) >= 11 is 0. The summed E-state index contributed by atoms with van der Waals surface area (Å²) < 4.78 is 38.2. The molecule has 0 aromatic carbocycles. The molecule has 0 aliphatic carbocycles. The van der Waals surface area contributed by atoms with Gasteiger partial charge < -0.3 is 14.2 Å². The van der Waals surface area contributed by atoms with Gasteiger partial charge in [-0.1, -0.05) is 0 Å². The molecule has 2 fully saturated rings. The first-order valence-corrected chi connectivity index (χ1v) is 7.85. The molecule has 104 valence electrons. The van der Waals surface area contributed by atoms with Crippen molar-refractivity contribution in [3.05, 3.63) is 0 Å². The van der Waals surface area contributed by atoms with Gasteiger partial charge >= 0.3 is 5.97 Å². The molecule has 6 nitrogen and oxygen atoms in total. The molecular weight excluding hydrogens is 260 g/mol.